The number of para-hydroxylation sites is 1. The number of alkyl halides is 2. The number of carbonyl (C=O) groups excluding carboxylic acids is 1. The molecule has 1 N–H and O–H groups in total. The molecule has 0 aliphatic heterocycles. The molecule has 0 unspecified atom stereocenters. The molecular formula is C27H30F2N4O3S2. The highest BCUT2D eigenvalue weighted by atomic mass is 32.1. The highest BCUT2D eigenvalue weighted by molar-refractivity contribution is 7.15. The van der Waals surface area contributed by atoms with Crippen molar-refractivity contribution in [3.05, 3.63) is 57.8 Å². The molecule has 38 heavy (non-hydrogen) atoms. The smallest absolute Gasteiger partial charge is 0.387 e. The Hall–Kier alpha value is -3.31. The number of thiazole rings is 2. The molecule has 0 aliphatic rings. The summed E-state index contributed by atoms with van der Waals surface area (Å²) in [5.41, 5.74) is 1.82. The monoisotopic (exact) mass is 560 g/mol. The summed E-state index contributed by atoms with van der Waals surface area (Å²) < 4.78 is 38.5. The van der Waals surface area contributed by atoms with Gasteiger partial charge in [0.05, 0.1) is 18.0 Å². The maximum absolute atomic E-state index is 13.4. The van der Waals surface area contributed by atoms with Crippen LogP contribution in [-0.4, -0.2) is 33.5 Å². The van der Waals surface area contributed by atoms with Crippen LogP contribution < -0.4 is 14.8 Å². The second-order valence-electron chi connectivity index (χ2n) is 10.9. The van der Waals surface area contributed by atoms with E-state index in [1.54, 1.807) is 34.9 Å². The first-order valence-electron chi connectivity index (χ1n) is 11.9. The third-order valence-electron chi connectivity index (χ3n) is 5.29. The lowest BCUT2D eigenvalue weighted by molar-refractivity contribution is -0.0517. The van der Waals surface area contributed by atoms with Crippen molar-refractivity contribution in [2.45, 2.75) is 53.6 Å². The second kappa shape index (κ2) is 10.8. The number of rotatable bonds is 8. The van der Waals surface area contributed by atoms with Gasteiger partial charge in [0.1, 0.15) is 5.69 Å². The Morgan fingerprint density at radius 3 is 2.55 bits per heavy atom. The van der Waals surface area contributed by atoms with Gasteiger partial charge in [-0.2, -0.15) is 8.78 Å². The molecule has 7 nitrogen and oxygen atoms in total. The first-order chi connectivity index (χ1) is 17.8. The number of anilines is 1. The molecule has 3 aromatic heterocycles. The van der Waals surface area contributed by atoms with E-state index in [1.165, 1.54) is 28.7 Å². The minimum Gasteiger partial charge on any atom is -0.489 e. The van der Waals surface area contributed by atoms with Crippen molar-refractivity contribution < 1.29 is 23.0 Å². The van der Waals surface area contributed by atoms with Gasteiger partial charge in [0.15, 0.2) is 21.6 Å². The van der Waals surface area contributed by atoms with Crippen molar-refractivity contribution in [3.8, 4) is 11.5 Å². The number of carbonyl (C=O) groups is 1. The Balaban J connectivity index is 1.68. The van der Waals surface area contributed by atoms with Crippen LogP contribution in [0.1, 0.15) is 69.0 Å². The lowest BCUT2D eigenvalue weighted by atomic mass is 9.93. The molecule has 0 radical (unpaired) electrons. The van der Waals surface area contributed by atoms with Gasteiger partial charge < -0.3 is 9.47 Å². The fraction of sp³-hybridized carbons (Fsp3) is 0.370. The predicted octanol–water partition coefficient (Wildman–Crippen LogP) is 7.60. The van der Waals surface area contributed by atoms with Gasteiger partial charge in [-0.3, -0.25) is 14.5 Å². The van der Waals surface area contributed by atoms with E-state index < -0.39 is 6.61 Å². The van der Waals surface area contributed by atoms with Gasteiger partial charge in [-0.25, -0.2) is 9.97 Å². The second-order valence-corrected chi connectivity index (χ2v) is 12.6. The summed E-state index contributed by atoms with van der Waals surface area (Å²) in [6.07, 6.45) is 5.12. The molecule has 11 heteroatoms. The summed E-state index contributed by atoms with van der Waals surface area (Å²) in [4.78, 5) is 23.2. The topological polar surface area (TPSA) is 77.8 Å². The molecule has 202 valence electrons. The third kappa shape index (κ3) is 6.57. The van der Waals surface area contributed by atoms with Gasteiger partial charge in [0, 0.05) is 27.9 Å². The molecule has 0 spiro atoms. The number of hydrogen-bond donors (Lipinski definition) is 1. The number of ether oxygens (including phenoxy) is 2. The fourth-order valence-corrected chi connectivity index (χ4v) is 5.09. The molecule has 0 bridgehead atoms. The number of amides is 1. The van der Waals surface area contributed by atoms with E-state index >= 15 is 0 Å². The molecule has 1 amide bonds. The maximum Gasteiger partial charge on any atom is 0.387 e. The number of hydrogen-bond acceptors (Lipinski definition) is 7. The minimum absolute atomic E-state index is 0.0615. The number of benzene rings is 1. The van der Waals surface area contributed by atoms with Crippen LogP contribution in [0.5, 0.6) is 11.5 Å². The van der Waals surface area contributed by atoms with E-state index in [9.17, 15) is 13.6 Å². The van der Waals surface area contributed by atoms with Gasteiger partial charge in [0.2, 0.25) is 0 Å². The van der Waals surface area contributed by atoms with E-state index in [1.807, 2.05) is 31.5 Å². The summed E-state index contributed by atoms with van der Waals surface area (Å²) >= 11 is 2.76. The largest absolute Gasteiger partial charge is 0.489 e. The number of nitrogens with zero attached hydrogens (tertiary/aromatic N) is 3. The third-order valence-corrected chi connectivity index (χ3v) is 6.81. The normalized spacial score (nSPS) is 12.6. The van der Waals surface area contributed by atoms with Gasteiger partial charge >= 0.3 is 6.61 Å². The zero-order valence-electron chi connectivity index (χ0n) is 22.0. The van der Waals surface area contributed by atoms with Crippen LogP contribution in [0.2, 0.25) is 0 Å². The standard InChI is InChI=1S/C27H30F2N4O3S2/c1-26(2,3)15-35-21-16(8-7-9-18(21)36-23(28)29)10-11-17-20(33-12-13-37-25(33)30-17)22(34)32-24-31-19(14-38-24)27(4,5)6/h7-14,23H,15H2,1-6H3,(H,31,32,34)/b11-10+. The van der Waals surface area contributed by atoms with E-state index in [2.05, 4.69) is 36.1 Å². The average molecular weight is 561 g/mol. The molecule has 0 saturated carbocycles. The lowest BCUT2D eigenvalue weighted by Crippen LogP contribution is -2.18. The van der Waals surface area contributed by atoms with E-state index in [-0.39, 0.29) is 34.8 Å². The molecule has 0 aliphatic carbocycles. The van der Waals surface area contributed by atoms with Crippen LogP contribution in [0.15, 0.2) is 35.2 Å². The minimum atomic E-state index is -2.99. The number of halogens is 2. The van der Waals surface area contributed by atoms with Crippen LogP contribution >= 0.6 is 22.7 Å². The van der Waals surface area contributed by atoms with E-state index in [4.69, 9.17) is 9.47 Å². The van der Waals surface area contributed by atoms with E-state index in [0.29, 0.717) is 27.0 Å². The molecule has 4 rings (SSSR count). The summed E-state index contributed by atoms with van der Waals surface area (Å²) in [7, 11) is 0. The summed E-state index contributed by atoms with van der Waals surface area (Å²) in [5.74, 6) is -0.221. The Labute approximate surface area is 228 Å². The summed E-state index contributed by atoms with van der Waals surface area (Å²) in [6, 6.07) is 4.78. The Kier molecular flexibility index (Phi) is 7.89. The summed E-state index contributed by atoms with van der Waals surface area (Å²) in [6.45, 7) is 9.41. The highest BCUT2D eigenvalue weighted by Crippen LogP contribution is 2.35. The van der Waals surface area contributed by atoms with Crippen LogP contribution in [-0.2, 0) is 5.41 Å². The molecule has 0 saturated heterocycles. The first-order valence-corrected chi connectivity index (χ1v) is 13.7. The molecule has 4 aromatic rings. The van der Waals surface area contributed by atoms with Gasteiger partial charge in [0.25, 0.3) is 5.91 Å². The van der Waals surface area contributed by atoms with Gasteiger partial charge in [-0.1, -0.05) is 53.7 Å². The zero-order valence-corrected chi connectivity index (χ0v) is 23.7. The zero-order chi connectivity index (χ0) is 27.7. The van der Waals surface area contributed by atoms with Crippen LogP contribution in [0.25, 0.3) is 17.1 Å². The Bertz CT molecular complexity index is 1460. The van der Waals surface area contributed by atoms with E-state index in [0.717, 1.165) is 5.69 Å². The van der Waals surface area contributed by atoms with Crippen molar-refractivity contribution >= 4 is 50.8 Å². The molecule has 1 aromatic carbocycles. The number of aromatic nitrogens is 3. The predicted molar refractivity (Wildman–Crippen MR) is 149 cm³/mol. The van der Waals surface area contributed by atoms with Crippen molar-refractivity contribution in [2.24, 2.45) is 5.41 Å². The van der Waals surface area contributed by atoms with Crippen LogP contribution in [0.4, 0.5) is 13.9 Å². The first kappa shape index (κ1) is 27.7. The highest BCUT2D eigenvalue weighted by Gasteiger charge is 2.23. The average Bonchev–Trinajstić information content (AvgIpc) is 3.51. The fourth-order valence-electron chi connectivity index (χ4n) is 3.44. The van der Waals surface area contributed by atoms with Crippen molar-refractivity contribution in [2.75, 3.05) is 11.9 Å². The van der Waals surface area contributed by atoms with Crippen LogP contribution in [0, 0.1) is 5.41 Å². The molecule has 0 fully saturated rings. The quantitative estimate of drug-likeness (QED) is 0.240. The SMILES string of the molecule is CC(C)(C)COc1c(/C=C/c2nc3sccn3c2C(=O)Nc2nc(C(C)(C)C)cs2)cccc1OC(F)F. The van der Waals surface area contributed by atoms with Crippen molar-refractivity contribution in [1.29, 1.82) is 0 Å². The number of imidazole rings is 1. The van der Waals surface area contributed by atoms with Gasteiger partial charge in [-0.15, -0.1) is 22.7 Å². The maximum atomic E-state index is 13.4. The van der Waals surface area contributed by atoms with Gasteiger partial charge in [-0.05, 0) is 23.6 Å². The summed E-state index contributed by atoms with van der Waals surface area (Å²) in [5, 5.41) is 7.16. The van der Waals surface area contributed by atoms with Crippen LogP contribution in [0.3, 0.4) is 0 Å². The Morgan fingerprint density at radius 1 is 1.13 bits per heavy atom. The Morgan fingerprint density at radius 2 is 1.89 bits per heavy atom. The lowest BCUT2D eigenvalue weighted by Gasteiger charge is -2.21. The number of fused-ring (bicyclic) bond motifs is 1. The molecular weight excluding hydrogens is 530 g/mol. The molecule has 3 heterocycles. The number of nitrogens with one attached hydrogen (secondary N) is 1. The van der Waals surface area contributed by atoms with Crippen molar-refractivity contribution in [3.63, 3.8) is 0 Å². The van der Waals surface area contributed by atoms with Crippen molar-refractivity contribution in [1.82, 2.24) is 14.4 Å². The molecule has 0 atom stereocenters.